The van der Waals surface area contributed by atoms with E-state index in [0.717, 1.165) is 12.1 Å². The van der Waals surface area contributed by atoms with Crippen molar-refractivity contribution in [3.05, 3.63) is 41.0 Å². The molecule has 0 amide bonds. The summed E-state index contributed by atoms with van der Waals surface area (Å²) >= 11 is 0. The van der Waals surface area contributed by atoms with E-state index in [1.807, 2.05) is 6.92 Å². The van der Waals surface area contributed by atoms with Gasteiger partial charge in [0.25, 0.3) is 0 Å². The van der Waals surface area contributed by atoms with E-state index in [0.29, 0.717) is 23.8 Å². The first-order chi connectivity index (χ1) is 6.67. The van der Waals surface area contributed by atoms with Crippen LogP contribution in [0.2, 0.25) is 0 Å². The summed E-state index contributed by atoms with van der Waals surface area (Å²) in [6.45, 7) is 1.82. The van der Waals surface area contributed by atoms with Gasteiger partial charge in [0.2, 0.25) is 0 Å². The molecule has 1 aromatic carbocycles. The minimum absolute atomic E-state index is 0.493. The Bertz CT molecular complexity index is 370. The number of halogens is 2. The third kappa shape index (κ3) is 2.49. The van der Waals surface area contributed by atoms with Crippen LogP contribution in [0.5, 0.6) is 0 Å². The van der Waals surface area contributed by atoms with Crippen molar-refractivity contribution in [2.24, 2.45) is 0 Å². The molecular weight excluding hydrogens is 186 g/mol. The summed E-state index contributed by atoms with van der Waals surface area (Å²) in [6.07, 6.45) is 2.82. The first-order valence-electron chi connectivity index (χ1n) is 4.28. The highest BCUT2D eigenvalue weighted by molar-refractivity contribution is 5.81. The Kier molecular flexibility index (Phi) is 3.51. The summed E-state index contributed by atoms with van der Waals surface area (Å²) in [5.41, 5.74) is 1.05. The highest BCUT2D eigenvalue weighted by Crippen LogP contribution is 2.12. The minimum Gasteiger partial charge on any atom is -0.298 e. The number of hydrogen-bond donors (Lipinski definition) is 0. The van der Waals surface area contributed by atoms with Gasteiger partial charge in [-0.1, -0.05) is 13.0 Å². The van der Waals surface area contributed by atoms with E-state index in [1.54, 1.807) is 0 Å². The molecule has 0 spiro atoms. The molecule has 1 rings (SSSR count). The largest absolute Gasteiger partial charge is 0.298 e. The molecule has 0 saturated carbocycles. The molecule has 0 fully saturated rings. The van der Waals surface area contributed by atoms with Crippen molar-refractivity contribution in [3.63, 3.8) is 0 Å². The Morgan fingerprint density at radius 2 is 2.07 bits per heavy atom. The van der Waals surface area contributed by atoms with E-state index in [4.69, 9.17) is 0 Å². The van der Waals surface area contributed by atoms with Gasteiger partial charge in [-0.15, -0.1) is 0 Å². The third-order valence-corrected chi connectivity index (χ3v) is 1.86. The molecule has 0 radical (unpaired) electrons. The van der Waals surface area contributed by atoms with E-state index in [1.165, 1.54) is 12.1 Å². The molecule has 14 heavy (non-hydrogen) atoms. The maximum Gasteiger partial charge on any atom is 0.159 e. The van der Waals surface area contributed by atoms with E-state index < -0.39 is 11.6 Å². The number of carbonyl (C=O) groups excluding carboxylic acids is 1. The lowest BCUT2D eigenvalue weighted by Crippen LogP contribution is -1.86. The Labute approximate surface area is 81.1 Å². The number of aldehydes is 1. The van der Waals surface area contributed by atoms with Crippen molar-refractivity contribution in [3.8, 4) is 0 Å². The lowest BCUT2D eigenvalue weighted by Gasteiger charge is -1.97. The molecule has 1 aromatic rings. The van der Waals surface area contributed by atoms with E-state index in [9.17, 15) is 13.6 Å². The Morgan fingerprint density at radius 1 is 1.36 bits per heavy atom. The average molecular weight is 196 g/mol. The van der Waals surface area contributed by atoms with Gasteiger partial charge < -0.3 is 0 Å². The van der Waals surface area contributed by atoms with Gasteiger partial charge >= 0.3 is 0 Å². The van der Waals surface area contributed by atoms with Crippen LogP contribution in [0.3, 0.4) is 0 Å². The van der Waals surface area contributed by atoms with Crippen LogP contribution in [0.25, 0.3) is 6.08 Å². The second-order valence-electron chi connectivity index (χ2n) is 2.86. The molecule has 0 bridgehead atoms. The molecule has 74 valence electrons. The van der Waals surface area contributed by atoms with Crippen LogP contribution in [0.1, 0.15) is 18.9 Å². The first kappa shape index (κ1) is 10.6. The van der Waals surface area contributed by atoms with Gasteiger partial charge in [-0.2, -0.15) is 0 Å². The lowest BCUT2D eigenvalue weighted by molar-refractivity contribution is -0.104. The fourth-order valence-electron chi connectivity index (χ4n) is 1.04. The minimum atomic E-state index is -0.903. The average Bonchev–Trinajstić information content (AvgIpc) is 2.19. The number of allylic oxidation sites excluding steroid dienone is 1. The Balaban J connectivity index is 3.03. The van der Waals surface area contributed by atoms with Gasteiger partial charge in [0.05, 0.1) is 0 Å². The van der Waals surface area contributed by atoms with Crippen LogP contribution in [-0.2, 0) is 4.79 Å². The molecule has 3 heteroatoms. The number of benzene rings is 1. The zero-order valence-electron chi connectivity index (χ0n) is 7.76. The zero-order chi connectivity index (χ0) is 10.6. The smallest absolute Gasteiger partial charge is 0.159 e. The predicted octanol–water partition coefficient (Wildman–Crippen LogP) is 2.96. The molecule has 0 aliphatic rings. The van der Waals surface area contributed by atoms with Gasteiger partial charge in [0.1, 0.15) is 6.29 Å². The first-order valence-corrected chi connectivity index (χ1v) is 4.28. The molecular formula is C11H10F2O. The standard InChI is InChI=1S/C11H10F2O/c1-2-8(7-14)5-9-3-4-10(12)11(13)6-9/h3-7H,2H2,1H3. The topological polar surface area (TPSA) is 17.1 Å². The maximum atomic E-state index is 12.7. The summed E-state index contributed by atoms with van der Waals surface area (Å²) < 4.78 is 25.3. The van der Waals surface area contributed by atoms with Crippen molar-refractivity contribution in [1.82, 2.24) is 0 Å². The highest BCUT2D eigenvalue weighted by Gasteiger charge is 2.01. The molecule has 0 unspecified atom stereocenters. The van der Waals surface area contributed by atoms with Crippen molar-refractivity contribution >= 4 is 12.4 Å². The maximum absolute atomic E-state index is 12.7. The van der Waals surface area contributed by atoms with Gasteiger partial charge in [-0.05, 0) is 35.8 Å². The Morgan fingerprint density at radius 3 is 2.57 bits per heavy atom. The third-order valence-electron chi connectivity index (χ3n) is 1.86. The summed E-state index contributed by atoms with van der Waals surface area (Å²) in [5, 5.41) is 0. The summed E-state index contributed by atoms with van der Waals surface area (Å²) in [5.74, 6) is -1.79. The fourth-order valence-corrected chi connectivity index (χ4v) is 1.04. The van der Waals surface area contributed by atoms with Crippen LogP contribution < -0.4 is 0 Å². The zero-order valence-corrected chi connectivity index (χ0v) is 7.76. The summed E-state index contributed by atoms with van der Waals surface area (Å²) in [4.78, 5) is 10.5. The number of hydrogen-bond acceptors (Lipinski definition) is 1. The van der Waals surface area contributed by atoms with Crippen molar-refractivity contribution < 1.29 is 13.6 Å². The van der Waals surface area contributed by atoms with Crippen LogP contribution in [0, 0.1) is 11.6 Å². The van der Waals surface area contributed by atoms with E-state index in [2.05, 4.69) is 0 Å². The molecule has 0 atom stereocenters. The molecule has 0 aliphatic heterocycles. The number of carbonyl (C=O) groups is 1. The van der Waals surface area contributed by atoms with E-state index in [-0.39, 0.29) is 0 Å². The van der Waals surface area contributed by atoms with Crippen molar-refractivity contribution in [2.45, 2.75) is 13.3 Å². The SMILES string of the molecule is CCC(C=O)=Cc1ccc(F)c(F)c1. The van der Waals surface area contributed by atoms with Crippen molar-refractivity contribution in [1.29, 1.82) is 0 Å². The second kappa shape index (κ2) is 4.65. The second-order valence-corrected chi connectivity index (χ2v) is 2.86. The fraction of sp³-hybridized carbons (Fsp3) is 0.182. The highest BCUT2D eigenvalue weighted by atomic mass is 19.2. The van der Waals surface area contributed by atoms with Gasteiger partial charge in [-0.3, -0.25) is 4.79 Å². The molecule has 0 heterocycles. The molecule has 0 aromatic heterocycles. The quantitative estimate of drug-likeness (QED) is 0.536. The normalized spacial score (nSPS) is 11.5. The summed E-state index contributed by atoms with van der Waals surface area (Å²) in [7, 11) is 0. The molecule has 0 saturated heterocycles. The predicted molar refractivity (Wildman–Crippen MR) is 50.7 cm³/mol. The van der Waals surface area contributed by atoms with E-state index >= 15 is 0 Å². The van der Waals surface area contributed by atoms with Crippen LogP contribution in [0.4, 0.5) is 8.78 Å². The monoisotopic (exact) mass is 196 g/mol. The Hall–Kier alpha value is -1.51. The molecule has 0 N–H and O–H groups in total. The van der Waals surface area contributed by atoms with Crippen LogP contribution >= 0.6 is 0 Å². The molecule has 1 nitrogen and oxygen atoms in total. The number of rotatable bonds is 3. The van der Waals surface area contributed by atoms with Crippen molar-refractivity contribution in [2.75, 3.05) is 0 Å². The van der Waals surface area contributed by atoms with Gasteiger partial charge in [0.15, 0.2) is 11.6 Å². The summed E-state index contributed by atoms with van der Waals surface area (Å²) in [6, 6.07) is 3.53. The van der Waals surface area contributed by atoms with Gasteiger partial charge in [0, 0.05) is 0 Å². The van der Waals surface area contributed by atoms with Crippen LogP contribution in [0.15, 0.2) is 23.8 Å². The molecule has 0 aliphatic carbocycles. The van der Waals surface area contributed by atoms with Crippen LogP contribution in [-0.4, -0.2) is 6.29 Å². The van der Waals surface area contributed by atoms with Gasteiger partial charge in [-0.25, -0.2) is 8.78 Å². The lowest BCUT2D eigenvalue weighted by atomic mass is 10.1.